The van der Waals surface area contributed by atoms with Gasteiger partial charge >= 0.3 is 0 Å². The molecule has 0 bridgehead atoms. The Morgan fingerprint density at radius 1 is 1.24 bits per heavy atom. The molecule has 1 aromatic rings. The van der Waals surface area contributed by atoms with E-state index >= 15 is 0 Å². The van der Waals surface area contributed by atoms with Crippen LogP contribution in [0.1, 0.15) is 45.1 Å². The van der Waals surface area contributed by atoms with Gasteiger partial charge in [0.1, 0.15) is 0 Å². The summed E-state index contributed by atoms with van der Waals surface area (Å²) in [4.78, 5) is 22.7. The number of guanidine groups is 1. The van der Waals surface area contributed by atoms with Crippen molar-refractivity contribution in [3.05, 3.63) is 23.9 Å². The van der Waals surface area contributed by atoms with Gasteiger partial charge in [-0.25, -0.2) is 4.98 Å². The lowest BCUT2D eigenvalue weighted by Crippen LogP contribution is -2.50. The number of carbonyl (C=O) groups excluding carboxylic acids is 1. The average Bonchev–Trinajstić information content (AvgIpc) is 2.75. The van der Waals surface area contributed by atoms with Crippen LogP contribution in [0.15, 0.2) is 23.3 Å². The molecule has 162 valence electrons. The lowest BCUT2D eigenvalue weighted by Gasteiger charge is -2.32. The van der Waals surface area contributed by atoms with Crippen LogP contribution in [0.4, 0.5) is 0 Å². The number of hydrogen-bond donors (Lipinski definition) is 3. The molecule has 0 saturated carbocycles. The molecule has 1 aliphatic heterocycles. The normalized spacial score (nSPS) is 15.8. The highest BCUT2D eigenvalue weighted by Gasteiger charge is 2.21. The Bertz CT molecular complexity index is 627. The number of pyridine rings is 1. The zero-order chi connectivity index (χ0) is 20.9. The summed E-state index contributed by atoms with van der Waals surface area (Å²) in [5.74, 6) is 1.57. The molecule has 1 saturated heterocycles. The average molecular weight is 405 g/mol. The van der Waals surface area contributed by atoms with E-state index in [4.69, 9.17) is 4.74 Å². The summed E-state index contributed by atoms with van der Waals surface area (Å²) < 4.78 is 5.51. The number of piperidine rings is 1. The number of nitrogens with zero attached hydrogens (tertiary/aromatic N) is 3. The van der Waals surface area contributed by atoms with Crippen LogP contribution < -0.4 is 20.7 Å². The van der Waals surface area contributed by atoms with Crippen molar-refractivity contribution < 1.29 is 9.53 Å². The highest BCUT2D eigenvalue weighted by atomic mass is 16.5. The summed E-state index contributed by atoms with van der Waals surface area (Å²) >= 11 is 0. The van der Waals surface area contributed by atoms with Gasteiger partial charge in [0.15, 0.2) is 5.96 Å². The minimum atomic E-state index is 0.121. The number of hydrogen-bond acceptors (Lipinski definition) is 5. The number of aromatic nitrogens is 1. The van der Waals surface area contributed by atoms with E-state index < -0.39 is 0 Å². The number of amides is 1. The van der Waals surface area contributed by atoms with Crippen molar-refractivity contribution in [2.45, 2.75) is 52.1 Å². The first-order valence-corrected chi connectivity index (χ1v) is 10.7. The second-order valence-corrected chi connectivity index (χ2v) is 7.32. The Balaban J connectivity index is 1.69. The third-order valence-electron chi connectivity index (χ3n) is 4.80. The zero-order valence-corrected chi connectivity index (χ0v) is 18.0. The van der Waals surface area contributed by atoms with E-state index in [0.717, 1.165) is 56.8 Å². The first kappa shape index (κ1) is 22.9. The van der Waals surface area contributed by atoms with Crippen LogP contribution >= 0.6 is 0 Å². The number of aliphatic imine (C=N–C) groups is 1. The van der Waals surface area contributed by atoms with Crippen molar-refractivity contribution in [2.75, 3.05) is 39.8 Å². The van der Waals surface area contributed by atoms with Crippen molar-refractivity contribution in [1.82, 2.24) is 25.8 Å². The summed E-state index contributed by atoms with van der Waals surface area (Å²) in [6, 6.07) is 4.27. The summed E-state index contributed by atoms with van der Waals surface area (Å²) in [5, 5.41) is 9.77. The van der Waals surface area contributed by atoms with E-state index in [0.29, 0.717) is 31.6 Å². The fourth-order valence-corrected chi connectivity index (χ4v) is 3.14. The quantitative estimate of drug-likeness (QED) is 0.405. The van der Waals surface area contributed by atoms with Gasteiger partial charge in [-0.2, -0.15) is 0 Å². The SMILES string of the molecule is CCCNC(=O)CN1CCC(NC(=NC)NCc2ccc(OCCC)nc2)CC1. The minimum Gasteiger partial charge on any atom is -0.478 e. The molecule has 8 nitrogen and oxygen atoms in total. The van der Waals surface area contributed by atoms with Gasteiger partial charge in [-0.15, -0.1) is 0 Å². The fourth-order valence-electron chi connectivity index (χ4n) is 3.14. The molecule has 1 fully saturated rings. The van der Waals surface area contributed by atoms with Crippen LogP contribution in [-0.4, -0.2) is 67.6 Å². The predicted octanol–water partition coefficient (Wildman–Crippen LogP) is 1.53. The maximum absolute atomic E-state index is 11.9. The van der Waals surface area contributed by atoms with Crippen molar-refractivity contribution in [3.8, 4) is 5.88 Å². The summed E-state index contributed by atoms with van der Waals surface area (Å²) in [7, 11) is 1.78. The number of likely N-dealkylation sites (tertiary alicyclic amines) is 1. The Labute approximate surface area is 174 Å². The van der Waals surface area contributed by atoms with Crippen LogP contribution in [0.2, 0.25) is 0 Å². The maximum Gasteiger partial charge on any atom is 0.234 e. The standard InChI is InChI=1S/C21H36N6O2/c1-4-10-23-19(28)16-27-11-8-18(9-12-27)26-21(22-3)25-15-17-6-7-20(24-14-17)29-13-5-2/h6-7,14,18H,4-5,8-13,15-16H2,1-3H3,(H,23,28)(H2,22,25,26). The Morgan fingerprint density at radius 2 is 2.03 bits per heavy atom. The lowest BCUT2D eigenvalue weighted by molar-refractivity contribution is -0.122. The van der Waals surface area contributed by atoms with Gasteiger partial charge in [0.25, 0.3) is 0 Å². The molecule has 1 amide bonds. The van der Waals surface area contributed by atoms with E-state index in [9.17, 15) is 4.79 Å². The summed E-state index contributed by atoms with van der Waals surface area (Å²) in [5.41, 5.74) is 1.07. The Kier molecular flexibility index (Phi) is 10.3. The van der Waals surface area contributed by atoms with Gasteiger partial charge < -0.3 is 20.7 Å². The molecule has 0 aliphatic carbocycles. The molecule has 3 N–H and O–H groups in total. The molecule has 1 aliphatic rings. The van der Waals surface area contributed by atoms with Crippen molar-refractivity contribution in [3.63, 3.8) is 0 Å². The van der Waals surface area contributed by atoms with Crippen LogP contribution in [0.3, 0.4) is 0 Å². The number of nitrogens with one attached hydrogen (secondary N) is 3. The first-order valence-electron chi connectivity index (χ1n) is 10.7. The van der Waals surface area contributed by atoms with Crippen molar-refractivity contribution >= 4 is 11.9 Å². The fraction of sp³-hybridized carbons (Fsp3) is 0.667. The second-order valence-electron chi connectivity index (χ2n) is 7.32. The van der Waals surface area contributed by atoms with E-state index in [-0.39, 0.29) is 5.91 Å². The molecule has 2 rings (SSSR count). The summed E-state index contributed by atoms with van der Waals surface area (Å²) in [6.07, 6.45) is 5.75. The van der Waals surface area contributed by atoms with Gasteiger partial charge in [0.05, 0.1) is 13.2 Å². The monoisotopic (exact) mass is 404 g/mol. The van der Waals surface area contributed by atoms with Crippen LogP contribution in [-0.2, 0) is 11.3 Å². The molecule has 8 heteroatoms. The van der Waals surface area contributed by atoms with Gasteiger partial charge in [-0.3, -0.25) is 14.7 Å². The molecular formula is C21H36N6O2. The van der Waals surface area contributed by atoms with Gasteiger partial charge in [-0.05, 0) is 31.2 Å². The molecule has 0 radical (unpaired) electrons. The van der Waals surface area contributed by atoms with Gasteiger partial charge in [-0.1, -0.05) is 19.9 Å². The molecule has 0 aromatic carbocycles. The third kappa shape index (κ3) is 8.68. The number of carbonyl (C=O) groups is 1. The third-order valence-corrected chi connectivity index (χ3v) is 4.80. The molecule has 0 unspecified atom stereocenters. The van der Waals surface area contributed by atoms with E-state index in [2.05, 4.69) is 44.7 Å². The maximum atomic E-state index is 11.9. The van der Waals surface area contributed by atoms with Crippen molar-refractivity contribution in [2.24, 2.45) is 4.99 Å². The van der Waals surface area contributed by atoms with Crippen molar-refractivity contribution in [1.29, 1.82) is 0 Å². The summed E-state index contributed by atoms with van der Waals surface area (Å²) in [6.45, 7) is 8.54. The molecule has 0 atom stereocenters. The smallest absolute Gasteiger partial charge is 0.234 e. The highest BCUT2D eigenvalue weighted by Crippen LogP contribution is 2.10. The van der Waals surface area contributed by atoms with Gasteiger partial charge in [0.2, 0.25) is 11.8 Å². The molecule has 2 heterocycles. The lowest BCUT2D eigenvalue weighted by atomic mass is 10.1. The van der Waals surface area contributed by atoms with Crippen LogP contribution in [0.25, 0.3) is 0 Å². The number of rotatable bonds is 10. The van der Waals surface area contributed by atoms with E-state index in [1.54, 1.807) is 7.05 Å². The second kappa shape index (κ2) is 13.0. The Hall–Kier alpha value is -2.35. The first-order chi connectivity index (χ1) is 14.1. The molecule has 29 heavy (non-hydrogen) atoms. The minimum absolute atomic E-state index is 0.121. The molecular weight excluding hydrogens is 368 g/mol. The predicted molar refractivity (Wildman–Crippen MR) is 116 cm³/mol. The zero-order valence-electron chi connectivity index (χ0n) is 18.0. The van der Waals surface area contributed by atoms with Crippen LogP contribution in [0.5, 0.6) is 5.88 Å². The van der Waals surface area contributed by atoms with Gasteiger partial charge in [0, 0.05) is 51.5 Å². The topological polar surface area (TPSA) is 90.9 Å². The van der Waals surface area contributed by atoms with Crippen LogP contribution in [0, 0.1) is 0 Å². The number of ether oxygens (including phenoxy) is 1. The van der Waals surface area contributed by atoms with E-state index in [1.807, 2.05) is 18.3 Å². The van der Waals surface area contributed by atoms with E-state index in [1.165, 1.54) is 0 Å². The molecule has 1 aromatic heterocycles. The highest BCUT2D eigenvalue weighted by molar-refractivity contribution is 5.80. The largest absolute Gasteiger partial charge is 0.478 e. The Morgan fingerprint density at radius 3 is 2.66 bits per heavy atom. The molecule has 0 spiro atoms.